The Morgan fingerprint density at radius 2 is 2.21 bits per heavy atom. The van der Waals surface area contributed by atoms with Gasteiger partial charge in [0.1, 0.15) is 0 Å². The lowest BCUT2D eigenvalue weighted by atomic mass is 10.0. The van der Waals surface area contributed by atoms with Crippen LogP contribution >= 0.6 is 0 Å². The van der Waals surface area contributed by atoms with E-state index in [9.17, 15) is 4.79 Å². The average molecular weight is 264 g/mol. The van der Waals surface area contributed by atoms with Gasteiger partial charge in [0.05, 0.1) is 11.7 Å². The standard InChI is InChI=1S/C14H24N4O/c1-14(2,9-13(15)19)16-10-11-7-8-18(17-11)12-5-3-4-6-12/h7-8,12,16H,3-6,9-10H2,1-2H3,(H2,15,19). The molecule has 5 nitrogen and oxygen atoms in total. The van der Waals surface area contributed by atoms with Crippen LogP contribution in [0.1, 0.15) is 57.7 Å². The Balaban J connectivity index is 1.87. The van der Waals surface area contributed by atoms with Crippen LogP contribution in [0.15, 0.2) is 12.3 Å². The summed E-state index contributed by atoms with van der Waals surface area (Å²) in [7, 11) is 0. The van der Waals surface area contributed by atoms with Crippen molar-refractivity contribution in [2.75, 3.05) is 0 Å². The van der Waals surface area contributed by atoms with Crippen molar-refractivity contribution in [3.63, 3.8) is 0 Å². The summed E-state index contributed by atoms with van der Waals surface area (Å²) in [6, 6.07) is 2.62. The molecule has 5 heteroatoms. The molecule has 2 rings (SSSR count). The average Bonchev–Trinajstić information content (AvgIpc) is 2.96. The van der Waals surface area contributed by atoms with Crippen LogP contribution in [0.4, 0.5) is 0 Å². The smallest absolute Gasteiger partial charge is 0.219 e. The molecule has 3 N–H and O–H groups in total. The van der Waals surface area contributed by atoms with E-state index < -0.39 is 0 Å². The Bertz CT molecular complexity index is 432. The van der Waals surface area contributed by atoms with Crippen LogP contribution in [0.25, 0.3) is 0 Å². The summed E-state index contributed by atoms with van der Waals surface area (Å²) < 4.78 is 2.09. The van der Waals surface area contributed by atoms with Gasteiger partial charge in [-0.2, -0.15) is 5.10 Å². The minimum atomic E-state index is -0.289. The topological polar surface area (TPSA) is 72.9 Å². The first-order valence-corrected chi connectivity index (χ1v) is 7.04. The van der Waals surface area contributed by atoms with Gasteiger partial charge in [-0.3, -0.25) is 9.48 Å². The number of carbonyl (C=O) groups is 1. The van der Waals surface area contributed by atoms with E-state index in [4.69, 9.17) is 5.73 Å². The molecule has 1 heterocycles. The van der Waals surface area contributed by atoms with Gasteiger partial charge in [-0.15, -0.1) is 0 Å². The van der Waals surface area contributed by atoms with Crippen molar-refractivity contribution in [2.24, 2.45) is 5.73 Å². The van der Waals surface area contributed by atoms with Crippen molar-refractivity contribution in [3.8, 4) is 0 Å². The Labute approximate surface area is 114 Å². The third kappa shape index (κ3) is 4.06. The molecular formula is C14H24N4O. The molecule has 1 fully saturated rings. The lowest BCUT2D eigenvalue weighted by Crippen LogP contribution is -2.42. The minimum absolute atomic E-state index is 0.283. The van der Waals surface area contributed by atoms with Gasteiger partial charge in [0.2, 0.25) is 5.91 Å². The summed E-state index contributed by atoms with van der Waals surface area (Å²) in [4.78, 5) is 11.0. The largest absolute Gasteiger partial charge is 0.370 e. The van der Waals surface area contributed by atoms with Crippen molar-refractivity contribution in [3.05, 3.63) is 18.0 Å². The molecule has 1 aliphatic carbocycles. The second-order valence-corrected chi connectivity index (χ2v) is 6.11. The van der Waals surface area contributed by atoms with E-state index in [0.717, 1.165) is 5.69 Å². The maximum atomic E-state index is 11.0. The zero-order valence-electron chi connectivity index (χ0n) is 11.9. The summed E-state index contributed by atoms with van der Waals surface area (Å²) in [6.07, 6.45) is 7.49. The molecule has 1 aliphatic rings. The van der Waals surface area contributed by atoms with Crippen molar-refractivity contribution in [2.45, 2.75) is 64.1 Å². The van der Waals surface area contributed by atoms with Crippen LogP contribution in [-0.4, -0.2) is 21.2 Å². The molecule has 106 valence electrons. The Morgan fingerprint density at radius 1 is 1.53 bits per heavy atom. The number of hydrogen-bond acceptors (Lipinski definition) is 3. The van der Waals surface area contributed by atoms with Gasteiger partial charge in [-0.05, 0) is 32.8 Å². The van der Waals surface area contributed by atoms with Gasteiger partial charge in [0.15, 0.2) is 0 Å². The predicted octanol–water partition coefficient (Wildman–Crippen LogP) is 1.74. The second kappa shape index (κ2) is 5.74. The van der Waals surface area contributed by atoms with Crippen LogP contribution in [0.3, 0.4) is 0 Å². The minimum Gasteiger partial charge on any atom is -0.370 e. The van der Waals surface area contributed by atoms with Gasteiger partial charge in [-0.1, -0.05) is 12.8 Å². The number of carbonyl (C=O) groups excluding carboxylic acids is 1. The predicted molar refractivity (Wildman–Crippen MR) is 74.5 cm³/mol. The molecule has 0 spiro atoms. The lowest BCUT2D eigenvalue weighted by molar-refractivity contribution is -0.119. The van der Waals surface area contributed by atoms with E-state index in [1.165, 1.54) is 25.7 Å². The highest BCUT2D eigenvalue weighted by Crippen LogP contribution is 2.28. The van der Waals surface area contributed by atoms with E-state index in [2.05, 4.69) is 21.3 Å². The Morgan fingerprint density at radius 3 is 2.84 bits per heavy atom. The van der Waals surface area contributed by atoms with Crippen LogP contribution in [0, 0.1) is 0 Å². The summed E-state index contributed by atoms with van der Waals surface area (Å²) in [5.41, 5.74) is 5.96. The molecular weight excluding hydrogens is 240 g/mol. The monoisotopic (exact) mass is 264 g/mol. The van der Waals surface area contributed by atoms with Crippen molar-refractivity contribution in [1.29, 1.82) is 0 Å². The fourth-order valence-electron chi connectivity index (χ4n) is 2.67. The number of primary amides is 1. The highest BCUT2D eigenvalue weighted by molar-refractivity contribution is 5.74. The highest BCUT2D eigenvalue weighted by Gasteiger charge is 2.21. The fourth-order valence-corrected chi connectivity index (χ4v) is 2.67. The number of aromatic nitrogens is 2. The Kier molecular flexibility index (Phi) is 4.24. The number of nitrogens with two attached hydrogens (primary N) is 1. The van der Waals surface area contributed by atoms with Crippen LogP contribution in [-0.2, 0) is 11.3 Å². The molecule has 0 aliphatic heterocycles. The maximum absolute atomic E-state index is 11.0. The Hall–Kier alpha value is -1.36. The van der Waals surface area contributed by atoms with Crippen molar-refractivity contribution >= 4 is 5.91 Å². The molecule has 0 bridgehead atoms. The fraction of sp³-hybridized carbons (Fsp3) is 0.714. The van der Waals surface area contributed by atoms with Crippen molar-refractivity contribution in [1.82, 2.24) is 15.1 Å². The third-order valence-corrected chi connectivity index (χ3v) is 3.73. The van der Waals surface area contributed by atoms with E-state index in [1.807, 2.05) is 19.9 Å². The lowest BCUT2D eigenvalue weighted by Gasteiger charge is -2.24. The molecule has 0 atom stereocenters. The van der Waals surface area contributed by atoms with Crippen LogP contribution in [0.2, 0.25) is 0 Å². The van der Waals surface area contributed by atoms with Gasteiger partial charge in [-0.25, -0.2) is 0 Å². The van der Waals surface area contributed by atoms with Crippen LogP contribution < -0.4 is 11.1 Å². The first-order chi connectivity index (χ1) is 8.96. The first kappa shape index (κ1) is 14.1. The van der Waals surface area contributed by atoms with E-state index >= 15 is 0 Å². The molecule has 1 saturated carbocycles. The highest BCUT2D eigenvalue weighted by atomic mass is 16.1. The van der Waals surface area contributed by atoms with Crippen LogP contribution in [0.5, 0.6) is 0 Å². The van der Waals surface area contributed by atoms with Gasteiger partial charge in [0.25, 0.3) is 0 Å². The molecule has 0 saturated heterocycles. The van der Waals surface area contributed by atoms with E-state index in [1.54, 1.807) is 0 Å². The second-order valence-electron chi connectivity index (χ2n) is 6.11. The summed E-state index contributed by atoms with van der Waals surface area (Å²) in [5.74, 6) is -0.283. The third-order valence-electron chi connectivity index (χ3n) is 3.73. The first-order valence-electron chi connectivity index (χ1n) is 7.04. The van der Waals surface area contributed by atoms with E-state index in [-0.39, 0.29) is 11.4 Å². The molecule has 0 unspecified atom stereocenters. The molecule has 0 aromatic carbocycles. The molecule has 1 aromatic rings. The van der Waals surface area contributed by atoms with Crippen molar-refractivity contribution < 1.29 is 4.79 Å². The quantitative estimate of drug-likeness (QED) is 0.822. The summed E-state index contributed by atoms with van der Waals surface area (Å²) >= 11 is 0. The molecule has 1 amide bonds. The van der Waals surface area contributed by atoms with Gasteiger partial charge in [0, 0.05) is 24.7 Å². The molecule has 1 aromatic heterocycles. The van der Waals surface area contributed by atoms with Gasteiger partial charge < -0.3 is 11.1 Å². The van der Waals surface area contributed by atoms with E-state index in [0.29, 0.717) is 19.0 Å². The zero-order valence-corrected chi connectivity index (χ0v) is 11.9. The number of hydrogen-bond donors (Lipinski definition) is 2. The SMILES string of the molecule is CC(C)(CC(N)=O)NCc1ccn(C2CCCC2)n1. The maximum Gasteiger partial charge on any atom is 0.219 e. The number of amides is 1. The summed E-state index contributed by atoms with van der Waals surface area (Å²) in [6.45, 7) is 4.62. The normalized spacial score (nSPS) is 16.9. The van der Waals surface area contributed by atoms with Gasteiger partial charge >= 0.3 is 0 Å². The molecule has 0 radical (unpaired) electrons. The number of nitrogens with zero attached hydrogens (tertiary/aromatic N) is 2. The number of nitrogens with one attached hydrogen (secondary N) is 1. The summed E-state index contributed by atoms with van der Waals surface area (Å²) in [5, 5.41) is 7.95. The zero-order chi connectivity index (χ0) is 13.9. The number of rotatable bonds is 6. The molecule has 19 heavy (non-hydrogen) atoms.